The topological polar surface area (TPSA) is 66.4 Å². The first-order chi connectivity index (χ1) is 10.5. The molecular formula is C15H17Cl2NO3S. The highest BCUT2D eigenvalue weighted by Gasteiger charge is 2.26. The number of carboxylic acids is 1. The second-order valence-corrected chi connectivity index (χ2v) is 7.18. The Labute approximate surface area is 143 Å². The predicted molar refractivity (Wildman–Crippen MR) is 88.7 cm³/mol. The molecule has 0 aromatic heterocycles. The molecule has 1 aliphatic rings. The third-order valence-corrected chi connectivity index (χ3v) is 5.43. The number of amides is 1. The summed E-state index contributed by atoms with van der Waals surface area (Å²) in [6.07, 6.45) is 2.66. The maximum Gasteiger partial charge on any atom is 0.306 e. The van der Waals surface area contributed by atoms with E-state index in [9.17, 15) is 9.59 Å². The SMILES string of the molecule is O=C(CSc1cc(Cl)ccc1Cl)NC1CCC(C(=O)O)CC1. The van der Waals surface area contributed by atoms with Gasteiger partial charge in [-0.05, 0) is 43.9 Å². The van der Waals surface area contributed by atoms with Gasteiger partial charge in [0, 0.05) is 16.0 Å². The summed E-state index contributed by atoms with van der Waals surface area (Å²) < 4.78 is 0. The average molecular weight is 362 g/mol. The van der Waals surface area contributed by atoms with Crippen LogP contribution in [0.15, 0.2) is 23.1 Å². The molecule has 0 bridgehead atoms. The summed E-state index contributed by atoms with van der Waals surface area (Å²) in [5.41, 5.74) is 0. The molecule has 0 saturated heterocycles. The highest BCUT2D eigenvalue weighted by molar-refractivity contribution is 8.00. The Morgan fingerprint density at radius 3 is 2.55 bits per heavy atom. The van der Waals surface area contributed by atoms with Crippen LogP contribution < -0.4 is 5.32 Å². The van der Waals surface area contributed by atoms with E-state index in [0.717, 1.165) is 4.90 Å². The van der Waals surface area contributed by atoms with Gasteiger partial charge in [0.2, 0.25) is 5.91 Å². The molecule has 1 amide bonds. The van der Waals surface area contributed by atoms with E-state index in [1.807, 2.05) is 0 Å². The Hall–Kier alpha value is -0.910. The molecule has 0 atom stereocenters. The molecule has 2 rings (SSSR count). The highest BCUT2D eigenvalue weighted by Crippen LogP contribution is 2.30. The van der Waals surface area contributed by atoms with Crippen molar-refractivity contribution in [2.45, 2.75) is 36.6 Å². The van der Waals surface area contributed by atoms with E-state index in [-0.39, 0.29) is 23.6 Å². The van der Waals surface area contributed by atoms with Crippen molar-refractivity contribution in [1.82, 2.24) is 5.32 Å². The van der Waals surface area contributed by atoms with Gasteiger partial charge in [-0.1, -0.05) is 23.2 Å². The number of carbonyl (C=O) groups is 2. The van der Waals surface area contributed by atoms with E-state index in [0.29, 0.717) is 35.7 Å². The Bertz CT molecular complexity index is 560. The molecule has 7 heteroatoms. The number of benzene rings is 1. The maximum atomic E-state index is 12.0. The van der Waals surface area contributed by atoms with Crippen LogP contribution in [-0.2, 0) is 9.59 Å². The van der Waals surface area contributed by atoms with Gasteiger partial charge in [0.15, 0.2) is 0 Å². The molecule has 4 nitrogen and oxygen atoms in total. The van der Waals surface area contributed by atoms with Crippen molar-refractivity contribution in [3.8, 4) is 0 Å². The maximum absolute atomic E-state index is 12.0. The predicted octanol–water partition coefficient (Wildman–Crippen LogP) is 3.85. The quantitative estimate of drug-likeness (QED) is 0.781. The summed E-state index contributed by atoms with van der Waals surface area (Å²) in [6, 6.07) is 5.21. The fourth-order valence-electron chi connectivity index (χ4n) is 2.49. The van der Waals surface area contributed by atoms with Gasteiger partial charge in [-0.25, -0.2) is 0 Å². The largest absolute Gasteiger partial charge is 0.481 e. The van der Waals surface area contributed by atoms with Crippen LogP contribution in [0.5, 0.6) is 0 Å². The number of thioether (sulfide) groups is 1. The zero-order chi connectivity index (χ0) is 16.1. The van der Waals surface area contributed by atoms with Gasteiger partial charge < -0.3 is 10.4 Å². The number of carboxylic acid groups (broad SMARTS) is 1. The molecule has 1 aromatic carbocycles. The normalized spacial score (nSPS) is 21.4. The van der Waals surface area contributed by atoms with Crippen molar-refractivity contribution in [2.24, 2.45) is 5.92 Å². The molecule has 2 N–H and O–H groups in total. The number of halogens is 2. The lowest BCUT2D eigenvalue weighted by Crippen LogP contribution is -2.39. The van der Waals surface area contributed by atoms with Crippen molar-refractivity contribution in [3.63, 3.8) is 0 Å². The Balaban J connectivity index is 1.77. The first-order valence-corrected chi connectivity index (χ1v) is 8.80. The van der Waals surface area contributed by atoms with Crippen LogP contribution in [0.1, 0.15) is 25.7 Å². The van der Waals surface area contributed by atoms with E-state index >= 15 is 0 Å². The molecule has 1 aliphatic carbocycles. The van der Waals surface area contributed by atoms with E-state index in [4.69, 9.17) is 28.3 Å². The molecule has 1 fully saturated rings. The summed E-state index contributed by atoms with van der Waals surface area (Å²) in [6.45, 7) is 0. The summed E-state index contributed by atoms with van der Waals surface area (Å²) in [5.74, 6) is -0.817. The number of aliphatic carboxylic acids is 1. The van der Waals surface area contributed by atoms with E-state index in [2.05, 4.69) is 5.32 Å². The summed E-state index contributed by atoms with van der Waals surface area (Å²) >= 11 is 13.3. The van der Waals surface area contributed by atoms with Crippen LogP contribution in [-0.4, -0.2) is 28.8 Å². The number of hydrogen-bond acceptors (Lipinski definition) is 3. The second-order valence-electron chi connectivity index (χ2n) is 5.32. The Morgan fingerprint density at radius 2 is 1.91 bits per heavy atom. The van der Waals surface area contributed by atoms with Crippen LogP contribution in [0.3, 0.4) is 0 Å². The summed E-state index contributed by atoms with van der Waals surface area (Å²) in [4.78, 5) is 23.6. The fraction of sp³-hybridized carbons (Fsp3) is 0.467. The minimum absolute atomic E-state index is 0.0681. The minimum atomic E-state index is -0.740. The lowest BCUT2D eigenvalue weighted by molar-refractivity contribution is -0.142. The third kappa shape index (κ3) is 5.07. The molecule has 0 heterocycles. The lowest BCUT2D eigenvalue weighted by atomic mass is 9.86. The second kappa shape index (κ2) is 8.09. The molecule has 0 spiro atoms. The highest BCUT2D eigenvalue weighted by atomic mass is 35.5. The van der Waals surface area contributed by atoms with Crippen molar-refractivity contribution in [3.05, 3.63) is 28.2 Å². The molecule has 1 saturated carbocycles. The van der Waals surface area contributed by atoms with Gasteiger partial charge in [-0.3, -0.25) is 9.59 Å². The fourth-order valence-corrected chi connectivity index (χ4v) is 3.79. The zero-order valence-electron chi connectivity index (χ0n) is 11.9. The monoisotopic (exact) mass is 361 g/mol. The van der Waals surface area contributed by atoms with Crippen LogP contribution in [0.2, 0.25) is 10.0 Å². The van der Waals surface area contributed by atoms with Gasteiger partial charge in [-0.15, -0.1) is 11.8 Å². The van der Waals surface area contributed by atoms with Gasteiger partial charge in [0.1, 0.15) is 0 Å². The molecule has 1 aromatic rings. The molecule has 0 radical (unpaired) electrons. The van der Waals surface area contributed by atoms with Crippen molar-refractivity contribution >= 4 is 46.8 Å². The van der Waals surface area contributed by atoms with E-state index in [1.165, 1.54) is 11.8 Å². The number of hydrogen-bond donors (Lipinski definition) is 2. The number of nitrogens with one attached hydrogen (secondary N) is 1. The molecule has 0 aliphatic heterocycles. The van der Waals surface area contributed by atoms with Gasteiger partial charge in [0.25, 0.3) is 0 Å². The van der Waals surface area contributed by atoms with Gasteiger partial charge in [0.05, 0.1) is 16.7 Å². The number of rotatable bonds is 5. The first kappa shape index (κ1) is 17.4. The van der Waals surface area contributed by atoms with Crippen LogP contribution in [0.4, 0.5) is 0 Å². The van der Waals surface area contributed by atoms with Crippen molar-refractivity contribution < 1.29 is 14.7 Å². The summed E-state index contributed by atoms with van der Waals surface area (Å²) in [7, 11) is 0. The van der Waals surface area contributed by atoms with Crippen molar-refractivity contribution in [1.29, 1.82) is 0 Å². The van der Waals surface area contributed by atoms with Gasteiger partial charge in [-0.2, -0.15) is 0 Å². The third-order valence-electron chi connectivity index (χ3n) is 3.69. The molecular weight excluding hydrogens is 345 g/mol. The summed E-state index contributed by atoms with van der Waals surface area (Å²) in [5, 5.41) is 13.1. The number of carbonyl (C=O) groups excluding carboxylic acids is 1. The molecule has 120 valence electrons. The zero-order valence-corrected chi connectivity index (χ0v) is 14.2. The first-order valence-electron chi connectivity index (χ1n) is 7.05. The van der Waals surface area contributed by atoms with Crippen LogP contribution in [0.25, 0.3) is 0 Å². The van der Waals surface area contributed by atoms with Crippen LogP contribution >= 0.6 is 35.0 Å². The van der Waals surface area contributed by atoms with Crippen molar-refractivity contribution in [2.75, 3.05) is 5.75 Å². The minimum Gasteiger partial charge on any atom is -0.481 e. The standard InChI is InChI=1S/C15H17Cl2NO3S/c16-10-3-6-12(17)13(7-10)22-8-14(19)18-11-4-1-9(2-5-11)15(20)21/h3,6-7,9,11H,1-2,4-5,8H2,(H,18,19)(H,20,21). The average Bonchev–Trinajstić information content (AvgIpc) is 2.49. The van der Waals surface area contributed by atoms with Crippen LogP contribution in [0, 0.1) is 5.92 Å². The smallest absolute Gasteiger partial charge is 0.306 e. The molecule has 0 unspecified atom stereocenters. The lowest BCUT2D eigenvalue weighted by Gasteiger charge is -2.26. The van der Waals surface area contributed by atoms with E-state index in [1.54, 1.807) is 18.2 Å². The van der Waals surface area contributed by atoms with Gasteiger partial charge >= 0.3 is 5.97 Å². The van der Waals surface area contributed by atoms with E-state index < -0.39 is 5.97 Å². The Morgan fingerprint density at radius 1 is 1.23 bits per heavy atom. The Kier molecular flexibility index (Phi) is 6.41. The molecule has 22 heavy (non-hydrogen) atoms.